The van der Waals surface area contributed by atoms with E-state index in [1.54, 1.807) is 0 Å². The average molecular weight is 407 g/mol. The SMILES string of the molecule is CC1(C)C[C@@H](NC(=O)Cc2ccccc2)C[C@](C)(CNC(=O)Cc2ccccc2)C1. The molecule has 1 fully saturated rings. The third-order valence-corrected chi connectivity index (χ3v) is 5.94. The largest absolute Gasteiger partial charge is 0.355 e. The Morgan fingerprint density at radius 2 is 1.37 bits per heavy atom. The van der Waals surface area contributed by atoms with Gasteiger partial charge in [-0.3, -0.25) is 9.59 Å². The molecule has 0 aliphatic heterocycles. The van der Waals surface area contributed by atoms with Crippen molar-refractivity contribution in [3.05, 3.63) is 71.8 Å². The molecule has 3 rings (SSSR count). The molecule has 4 nitrogen and oxygen atoms in total. The molecule has 1 aliphatic carbocycles. The fourth-order valence-electron chi connectivity index (χ4n) is 5.09. The summed E-state index contributed by atoms with van der Waals surface area (Å²) in [6, 6.07) is 19.8. The van der Waals surface area contributed by atoms with Gasteiger partial charge in [-0.15, -0.1) is 0 Å². The van der Waals surface area contributed by atoms with E-state index in [1.807, 2.05) is 60.7 Å². The molecular formula is C26H34N2O2. The third kappa shape index (κ3) is 6.72. The normalized spacial score (nSPS) is 22.8. The van der Waals surface area contributed by atoms with E-state index in [0.717, 1.165) is 30.4 Å². The van der Waals surface area contributed by atoms with Crippen LogP contribution in [0, 0.1) is 10.8 Å². The van der Waals surface area contributed by atoms with Crippen LogP contribution in [0.3, 0.4) is 0 Å². The van der Waals surface area contributed by atoms with Crippen LogP contribution in [-0.4, -0.2) is 24.4 Å². The molecule has 30 heavy (non-hydrogen) atoms. The minimum Gasteiger partial charge on any atom is -0.355 e. The molecule has 0 saturated heterocycles. The van der Waals surface area contributed by atoms with Crippen LogP contribution >= 0.6 is 0 Å². The van der Waals surface area contributed by atoms with Crippen LogP contribution in [0.5, 0.6) is 0 Å². The zero-order valence-corrected chi connectivity index (χ0v) is 18.4. The van der Waals surface area contributed by atoms with Gasteiger partial charge in [-0.2, -0.15) is 0 Å². The van der Waals surface area contributed by atoms with Crippen LogP contribution in [0.4, 0.5) is 0 Å². The van der Waals surface area contributed by atoms with Gasteiger partial charge < -0.3 is 10.6 Å². The van der Waals surface area contributed by atoms with Gasteiger partial charge in [0.05, 0.1) is 12.8 Å². The maximum atomic E-state index is 12.6. The zero-order valence-electron chi connectivity index (χ0n) is 18.4. The highest BCUT2D eigenvalue weighted by atomic mass is 16.2. The van der Waals surface area contributed by atoms with E-state index >= 15 is 0 Å². The Hall–Kier alpha value is -2.62. The molecule has 4 heteroatoms. The summed E-state index contributed by atoms with van der Waals surface area (Å²) in [5.74, 6) is 0.120. The summed E-state index contributed by atoms with van der Waals surface area (Å²) in [7, 11) is 0. The molecule has 1 saturated carbocycles. The maximum Gasteiger partial charge on any atom is 0.224 e. The first-order valence-corrected chi connectivity index (χ1v) is 10.9. The second kappa shape index (κ2) is 9.46. The summed E-state index contributed by atoms with van der Waals surface area (Å²) >= 11 is 0. The molecule has 0 spiro atoms. The minimum absolute atomic E-state index is 0.0429. The fourth-order valence-corrected chi connectivity index (χ4v) is 5.09. The lowest BCUT2D eigenvalue weighted by Crippen LogP contribution is -2.50. The Balaban J connectivity index is 1.56. The lowest BCUT2D eigenvalue weighted by molar-refractivity contribution is -0.123. The van der Waals surface area contributed by atoms with Gasteiger partial charge in [0.1, 0.15) is 0 Å². The molecule has 2 atom stereocenters. The first-order valence-electron chi connectivity index (χ1n) is 10.9. The number of rotatable bonds is 7. The number of carbonyl (C=O) groups is 2. The van der Waals surface area contributed by atoms with Crippen LogP contribution < -0.4 is 10.6 Å². The van der Waals surface area contributed by atoms with Crippen molar-refractivity contribution in [2.24, 2.45) is 10.8 Å². The molecule has 160 valence electrons. The molecular weight excluding hydrogens is 372 g/mol. The van der Waals surface area contributed by atoms with Crippen molar-refractivity contribution < 1.29 is 9.59 Å². The lowest BCUT2D eigenvalue weighted by Gasteiger charge is -2.47. The number of amides is 2. The van der Waals surface area contributed by atoms with Gasteiger partial charge in [0.25, 0.3) is 0 Å². The van der Waals surface area contributed by atoms with Crippen molar-refractivity contribution in [2.75, 3.05) is 6.54 Å². The van der Waals surface area contributed by atoms with Crippen molar-refractivity contribution in [1.82, 2.24) is 10.6 Å². The maximum absolute atomic E-state index is 12.6. The topological polar surface area (TPSA) is 58.2 Å². The van der Waals surface area contributed by atoms with E-state index in [1.165, 1.54) is 0 Å². The summed E-state index contributed by atoms with van der Waals surface area (Å²) in [5.41, 5.74) is 2.12. The van der Waals surface area contributed by atoms with Gasteiger partial charge in [0.2, 0.25) is 11.8 Å². The molecule has 0 unspecified atom stereocenters. The molecule has 2 aromatic rings. The first kappa shape index (κ1) is 22.1. The van der Waals surface area contributed by atoms with E-state index < -0.39 is 0 Å². The molecule has 0 heterocycles. The molecule has 0 radical (unpaired) electrons. The summed E-state index contributed by atoms with van der Waals surface area (Å²) in [6.45, 7) is 7.37. The Morgan fingerprint density at radius 1 is 0.833 bits per heavy atom. The summed E-state index contributed by atoms with van der Waals surface area (Å²) in [5, 5.41) is 6.40. The number of hydrogen-bond donors (Lipinski definition) is 2. The van der Waals surface area contributed by atoms with Crippen LogP contribution in [0.15, 0.2) is 60.7 Å². The first-order chi connectivity index (χ1) is 14.2. The standard InChI is InChI=1S/C26H34N2O2/c1-25(2)16-22(28-24(30)15-21-12-8-5-9-13-21)17-26(3,18-25)19-27-23(29)14-20-10-6-4-7-11-20/h4-13,22H,14-19H2,1-3H3,(H,27,29)(H,28,30)/t22-,26+/m1/s1. The van der Waals surface area contributed by atoms with Gasteiger partial charge in [0.15, 0.2) is 0 Å². The quantitative estimate of drug-likeness (QED) is 0.721. The number of benzene rings is 2. The van der Waals surface area contributed by atoms with Crippen molar-refractivity contribution in [3.63, 3.8) is 0 Å². The second-order valence-electron chi connectivity index (χ2n) is 9.93. The van der Waals surface area contributed by atoms with E-state index in [-0.39, 0.29) is 28.7 Å². The van der Waals surface area contributed by atoms with Crippen molar-refractivity contribution in [1.29, 1.82) is 0 Å². The smallest absolute Gasteiger partial charge is 0.224 e. The third-order valence-electron chi connectivity index (χ3n) is 5.94. The van der Waals surface area contributed by atoms with Crippen molar-refractivity contribution in [2.45, 2.75) is 58.9 Å². The minimum atomic E-state index is -0.0429. The van der Waals surface area contributed by atoms with Crippen LogP contribution in [0.25, 0.3) is 0 Å². The lowest BCUT2D eigenvalue weighted by atomic mass is 9.62. The fraction of sp³-hybridized carbons (Fsp3) is 0.462. The Morgan fingerprint density at radius 3 is 1.93 bits per heavy atom. The average Bonchev–Trinajstić information content (AvgIpc) is 2.66. The van der Waals surface area contributed by atoms with Gasteiger partial charge in [-0.25, -0.2) is 0 Å². The van der Waals surface area contributed by atoms with Gasteiger partial charge in [-0.1, -0.05) is 81.4 Å². The molecule has 2 N–H and O–H groups in total. The highest BCUT2D eigenvalue weighted by Gasteiger charge is 2.41. The molecule has 0 aromatic heterocycles. The predicted octanol–water partition coefficient (Wildman–Crippen LogP) is 4.29. The summed E-state index contributed by atoms with van der Waals surface area (Å²) < 4.78 is 0. The Bertz CT molecular complexity index is 848. The Labute approximate surface area is 180 Å². The molecule has 0 bridgehead atoms. The zero-order chi connectivity index (χ0) is 21.6. The molecule has 2 aromatic carbocycles. The molecule has 1 aliphatic rings. The van der Waals surface area contributed by atoms with Crippen molar-refractivity contribution in [3.8, 4) is 0 Å². The highest BCUT2D eigenvalue weighted by molar-refractivity contribution is 5.79. The van der Waals surface area contributed by atoms with Crippen LogP contribution in [0.2, 0.25) is 0 Å². The number of hydrogen-bond acceptors (Lipinski definition) is 2. The van der Waals surface area contributed by atoms with Crippen LogP contribution in [-0.2, 0) is 22.4 Å². The Kier molecular flexibility index (Phi) is 6.96. The van der Waals surface area contributed by atoms with Gasteiger partial charge in [0, 0.05) is 12.6 Å². The number of nitrogens with one attached hydrogen (secondary N) is 2. The van der Waals surface area contributed by atoms with E-state index in [9.17, 15) is 9.59 Å². The van der Waals surface area contributed by atoms with Gasteiger partial charge in [-0.05, 0) is 41.2 Å². The van der Waals surface area contributed by atoms with E-state index in [4.69, 9.17) is 0 Å². The van der Waals surface area contributed by atoms with Gasteiger partial charge >= 0.3 is 0 Å². The molecule has 2 amide bonds. The predicted molar refractivity (Wildman–Crippen MR) is 121 cm³/mol. The summed E-state index contributed by atoms with van der Waals surface area (Å²) in [4.78, 5) is 25.0. The number of carbonyl (C=O) groups excluding carboxylic acids is 2. The monoisotopic (exact) mass is 406 g/mol. The second-order valence-corrected chi connectivity index (χ2v) is 9.93. The highest BCUT2D eigenvalue weighted by Crippen LogP contribution is 2.45. The van der Waals surface area contributed by atoms with Crippen LogP contribution in [0.1, 0.15) is 51.2 Å². The van der Waals surface area contributed by atoms with E-state index in [0.29, 0.717) is 19.4 Å². The summed E-state index contributed by atoms with van der Waals surface area (Å²) in [6.07, 6.45) is 3.67. The van der Waals surface area contributed by atoms with E-state index in [2.05, 4.69) is 31.4 Å². The van der Waals surface area contributed by atoms with Crippen molar-refractivity contribution >= 4 is 11.8 Å².